The Balaban J connectivity index is 0.00000261. The predicted molar refractivity (Wildman–Crippen MR) is 104 cm³/mol. The molecule has 2 aliphatic rings. The molecule has 0 aromatic heterocycles. The lowest BCUT2D eigenvalue weighted by Crippen LogP contribution is -2.50. The van der Waals surface area contributed by atoms with Crippen LogP contribution in [0, 0.1) is 0 Å². The lowest BCUT2D eigenvalue weighted by molar-refractivity contribution is -0.125. The number of nitrogens with one attached hydrogen (secondary N) is 1. The molecular weight excluding hydrogens is 370 g/mol. The van der Waals surface area contributed by atoms with Crippen LogP contribution in [-0.2, 0) is 4.79 Å². The van der Waals surface area contributed by atoms with Gasteiger partial charge in [0.1, 0.15) is 6.04 Å². The molecule has 2 atom stereocenters. The summed E-state index contributed by atoms with van der Waals surface area (Å²) in [4.78, 5) is 27.3. The molecule has 0 bridgehead atoms. The van der Waals surface area contributed by atoms with E-state index in [0.717, 1.165) is 25.7 Å². The average molecular weight is 398 g/mol. The summed E-state index contributed by atoms with van der Waals surface area (Å²) in [5.41, 5.74) is 6.29. The fourth-order valence-electron chi connectivity index (χ4n) is 3.47. The predicted octanol–water partition coefficient (Wildman–Crippen LogP) is 2.08. The van der Waals surface area contributed by atoms with Crippen molar-refractivity contribution in [1.82, 2.24) is 10.2 Å². The van der Waals surface area contributed by atoms with Gasteiger partial charge >= 0.3 is 0 Å². The first-order valence-corrected chi connectivity index (χ1v) is 9.35. The van der Waals surface area contributed by atoms with E-state index in [2.05, 4.69) is 12.2 Å². The molecule has 1 aromatic rings. The molecule has 150 valence electrons. The minimum absolute atomic E-state index is 0. The lowest BCUT2D eigenvalue weighted by Gasteiger charge is -2.26. The van der Waals surface area contributed by atoms with Crippen LogP contribution >= 0.6 is 12.4 Å². The molecule has 7 nitrogen and oxygen atoms in total. The van der Waals surface area contributed by atoms with Crippen molar-refractivity contribution in [2.45, 2.75) is 51.1 Å². The highest BCUT2D eigenvalue weighted by atomic mass is 35.5. The Kier molecular flexibility index (Phi) is 7.74. The molecule has 0 saturated carbocycles. The van der Waals surface area contributed by atoms with E-state index in [1.165, 1.54) is 0 Å². The number of amides is 2. The van der Waals surface area contributed by atoms with E-state index in [9.17, 15) is 9.59 Å². The number of hydrogen-bond donors (Lipinski definition) is 2. The van der Waals surface area contributed by atoms with Gasteiger partial charge < -0.3 is 25.4 Å². The van der Waals surface area contributed by atoms with E-state index in [-0.39, 0.29) is 37.1 Å². The molecule has 2 aliphatic heterocycles. The Morgan fingerprint density at radius 1 is 1.33 bits per heavy atom. The second-order valence-electron chi connectivity index (χ2n) is 6.81. The van der Waals surface area contributed by atoms with Crippen LogP contribution in [0.25, 0.3) is 0 Å². The average Bonchev–Trinajstić information content (AvgIpc) is 3.32. The van der Waals surface area contributed by atoms with Crippen LogP contribution in [-0.4, -0.2) is 48.7 Å². The van der Waals surface area contributed by atoms with Gasteiger partial charge in [0.15, 0.2) is 11.5 Å². The van der Waals surface area contributed by atoms with Crippen molar-refractivity contribution >= 4 is 24.2 Å². The Labute approximate surface area is 166 Å². The van der Waals surface area contributed by atoms with Gasteiger partial charge in [-0.05, 0) is 37.5 Å². The maximum Gasteiger partial charge on any atom is 0.254 e. The lowest BCUT2D eigenvalue weighted by atomic mass is 10.1. The van der Waals surface area contributed by atoms with E-state index < -0.39 is 6.04 Å². The van der Waals surface area contributed by atoms with Crippen LogP contribution in [0.3, 0.4) is 0 Å². The van der Waals surface area contributed by atoms with Crippen molar-refractivity contribution in [1.29, 1.82) is 0 Å². The minimum atomic E-state index is -0.441. The highest BCUT2D eigenvalue weighted by Crippen LogP contribution is 2.33. The Hall–Kier alpha value is -1.99. The summed E-state index contributed by atoms with van der Waals surface area (Å²) >= 11 is 0. The second-order valence-corrected chi connectivity index (χ2v) is 6.81. The SMILES string of the molecule is CCCCC(CN)NC(=O)C1CCCN1C(=O)c1ccc2c(c1)OCO2.Cl. The van der Waals surface area contributed by atoms with Gasteiger partial charge in [-0.15, -0.1) is 12.4 Å². The number of halogens is 1. The number of carbonyl (C=O) groups excluding carboxylic acids is 2. The monoisotopic (exact) mass is 397 g/mol. The van der Waals surface area contributed by atoms with Gasteiger partial charge in [0.05, 0.1) is 0 Å². The van der Waals surface area contributed by atoms with Crippen molar-refractivity contribution < 1.29 is 19.1 Å². The number of benzene rings is 1. The van der Waals surface area contributed by atoms with Gasteiger partial charge in [-0.25, -0.2) is 0 Å². The highest BCUT2D eigenvalue weighted by molar-refractivity contribution is 5.98. The van der Waals surface area contributed by atoms with Gasteiger partial charge in [0.25, 0.3) is 5.91 Å². The van der Waals surface area contributed by atoms with Gasteiger partial charge in [0, 0.05) is 24.7 Å². The topological polar surface area (TPSA) is 93.9 Å². The summed E-state index contributed by atoms with van der Waals surface area (Å²) in [5.74, 6) is 0.944. The third-order valence-electron chi connectivity index (χ3n) is 4.97. The number of nitrogens with two attached hydrogens (primary N) is 1. The number of likely N-dealkylation sites (tertiary alicyclic amines) is 1. The summed E-state index contributed by atoms with van der Waals surface area (Å²) in [7, 11) is 0. The number of ether oxygens (including phenoxy) is 2. The van der Waals surface area contributed by atoms with Crippen LogP contribution in [0.15, 0.2) is 18.2 Å². The number of rotatable bonds is 7. The first kappa shape index (κ1) is 21.3. The Morgan fingerprint density at radius 3 is 2.85 bits per heavy atom. The number of fused-ring (bicyclic) bond motifs is 1. The van der Waals surface area contributed by atoms with Crippen molar-refractivity contribution in [3.05, 3.63) is 23.8 Å². The number of unbranched alkanes of at least 4 members (excludes halogenated alkanes) is 1. The zero-order valence-electron chi connectivity index (χ0n) is 15.6. The van der Waals surface area contributed by atoms with Gasteiger partial charge in [-0.2, -0.15) is 0 Å². The first-order chi connectivity index (χ1) is 12.6. The summed E-state index contributed by atoms with van der Waals surface area (Å²) < 4.78 is 10.6. The maximum atomic E-state index is 12.9. The normalized spacial score (nSPS) is 18.7. The Morgan fingerprint density at radius 2 is 2.11 bits per heavy atom. The molecule has 3 rings (SSSR count). The molecule has 8 heteroatoms. The summed E-state index contributed by atoms with van der Waals surface area (Å²) in [6.45, 7) is 3.26. The zero-order valence-corrected chi connectivity index (χ0v) is 16.4. The second kappa shape index (κ2) is 9.80. The fraction of sp³-hybridized carbons (Fsp3) is 0.579. The minimum Gasteiger partial charge on any atom is -0.454 e. The summed E-state index contributed by atoms with van der Waals surface area (Å²) in [6.07, 6.45) is 4.43. The maximum absolute atomic E-state index is 12.9. The smallest absolute Gasteiger partial charge is 0.254 e. The molecule has 3 N–H and O–H groups in total. The molecule has 0 aliphatic carbocycles. The number of nitrogens with zero attached hydrogens (tertiary/aromatic N) is 1. The molecule has 0 spiro atoms. The third-order valence-corrected chi connectivity index (χ3v) is 4.97. The van der Waals surface area contributed by atoms with Crippen LogP contribution in [0.2, 0.25) is 0 Å². The molecule has 1 saturated heterocycles. The van der Waals surface area contributed by atoms with E-state index in [1.807, 2.05) is 0 Å². The van der Waals surface area contributed by atoms with Crippen molar-refractivity contribution in [3.63, 3.8) is 0 Å². The molecule has 1 aromatic carbocycles. The van der Waals surface area contributed by atoms with Crippen LogP contribution in [0.1, 0.15) is 49.4 Å². The fourth-order valence-corrected chi connectivity index (χ4v) is 3.47. The number of hydrogen-bond acceptors (Lipinski definition) is 5. The summed E-state index contributed by atoms with van der Waals surface area (Å²) in [5, 5.41) is 3.02. The largest absolute Gasteiger partial charge is 0.454 e. The van der Waals surface area contributed by atoms with Crippen molar-refractivity contribution in [2.24, 2.45) is 5.73 Å². The zero-order chi connectivity index (χ0) is 18.5. The van der Waals surface area contributed by atoms with E-state index >= 15 is 0 Å². The van der Waals surface area contributed by atoms with Gasteiger partial charge in [-0.1, -0.05) is 19.8 Å². The van der Waals surface area contributed by atoms with E-state index in [0.29, 0.717) is 36.6 Å². The molecular formula is C19H28ClN3O4. The molecule has 27 heavy (non-hydrogen) atoms. The van der Waals surface area contributed by atoms with Crippen LogP contribution in [0.5, 0.6) is 11.5 Å². The van der Waals surface area contributed by atoms with Crippen molar-refractivity contribution in [3.8, 4) is 11.5 Å². The number of carbonyl (C=O) groups is 2. The summed E-state index contributed by atoms with van der Waals surface area (Å²) in [6, 6.07) is 4.65. The molecule has 1 fully saturated rings. The first-order valence-electron chi connectivity index (χ1n) is 9.35. The van der Waals surface area contributed by atoms with Crippen molar-refractivity contribution in [2.75, 3.05) is 19.9 Å². The highest BCUT2D eigenvalue weighted by Gasteiger charge is 2.35. The van der Waals surface area contributed by atoms with Gasteiger partial charge in [0.2, 0.25) is 12.7 Å². The molecule has 2 heterocycles. The van der Waals surface area contributed by atoms with E-state index in [4.69, 9.17) is 15.2 Å². The van der Waals surface area contributed by atoms with Gasteiger partial charge in [-0.3, -0.25) is 9.59 Å². The molecule has 2 unspecified atom stereocenters. The van der Waals surface area contributed by atoms with Crippen LogP contribution < -0.4 is 20.5 Å². The third kappa shape index (κ3) is 4.84. The molecule has 0 radical (unpaired) electrons. The quantitative estimate of drug-likeness (QED) is 0.734. The standard InChI is InChI=1S/C19H27N3O4.ClH/c1-2-3-5-14(11-20)21-18(23)15-6-4-9-22(15)19(24)13-7-8-16-17(10-13)26-12-25-16;/h7-8,10,14-15H,2-6,9,11-12,20H2,1H3,(H,21,23);1H. The van der Waals surface area contributed by atoms with Crippen LogP contribution in [0.4, 0.5) is 0 Å². The Bertz CT molecular complexity index is 670. The molecule has 2 amide bonds. The van der Waals surface area contributed by atoms with E-state index in [1.54, 1.807) is 23.1 Å².